The Bertz CT molecular complexity index is 378. The van der Waals surface area contributed by atoms with E-state index in [1.54, 1.807) is 0 Å². The van der Waals surface area contributed by atoms with Crippen LogP contribution in [0.2, 0.25) is 0 Å². The number of aliphatic hydroxyl groups is 1. The minimum absolute atomic E-state index is 0.129. The highest BCUT2D eigenvalue weighted by molar-refractivity contribution is 5.88. The van der Waals surface area contributed by atoms with Crippen molar-refractivity contribution in [1.82, 2.24) is 0 Å². The molecule has 1 N–H and O–H groups in total. The summed E-state index contributed by atoms with van der Waals surface area (Å²) in [7, 11) is 0. The van der Waals surface area contributed by atoms with Gasteiger partial charge in [0.2, 0.25) is 0 Å². The number of hydrogen-bond donors (Lipinski definition) is 1. The standard InChI is InChI=1S/C17H28F3NO/c1-16(22,17(18,19)20)12-15(13-8-4-2-5-9-13)21-14-10-6-3-7-11-14/h13-14,22H,2-12H2,1H3. The summed E-state index contributed by atoms with van der Waals surface area (Å²) >= 11 is 0. The fraction of sp³-hybridized carbons (Fsp3) is 0.941. The van der Waals surface area contributed by atoms with Crippen LogP contribution in [0.5, 0.6) is 0 Å². The van der Waals surface area contributed by atoms with Crippen LogP contribution in [0.15, 0.2) is 4.99 Å². The third-order valence-electron chi connectivity index (χ3n) is 5.14. The van der Waals surface area contributed by atoms with Crippen LogP contribution in [0.25, 0.3) is 0 Å². The molecule has 22 heavy (non-hydrogen) atoms. The van der Waals surface area contributed by atoms with Crippen molar-refractivity contribution < 1.29 is 18.3 Å². The second-order valence-corrected chi connectivity index (χ2v) is 7.20. The van der Waals surface area contributed by atoms with Crippen molar-refractivity contribution in [3.8, 4) is 0 Å². The van der Waals surface area contributed by atoms with Crippen LogP contribution >= 0.6 is 0 Å². The van der Waals surface area contributed by atoms with Crippen LogP contribution in [0.3, 0.4) is 0 Å². The van der Waals surface area contributed by atoms with Crippen molar-refractivity contribution >= 4 is 5.71 Å². The van der Waals surface area contributed by atoms with Crippen molar-refractivity contribution in [2.45, 2.75) is 95.4 Å². The molecular weight excluding hydrogens is 291 g/mol. The molecule has 0 heterocycles. The molecule has 128 valence electrons. The van der Waals surface area contributed by atoms with E-state index in [-0.39, 0.29) is 18.4 Å². The minimum atomic E-state index is -4.60. The summed E-state index contributed by atoms with van der Waals surface area (Å²) < 4.78 is 39.1. The van der Waals surface area contributed by atoms with Gasteiger partial charge >= 0.3 is 6.18 Å². The average molecular weight is 319 g/mol. The average Bonchev–Trinajstić information content (AvgIpc) is 2.47. The summed E-state index contributed by atoms with van der Waals surface area (Å²) in [5, 5.41) is 9.88. The zero-order chi connectivity index (χ0) is 16.2. The van der Waals surface area contributed by atoms with Gasteiger partial charge in [-0.3, -0.25) is 4.99 Å². The van der Waals surface area contributed by atoms with Gasteiger partial charge in [-0.15, -0.1) is 0 Å². The Hall–Kier alpha value is -0.580. The molecule has 2 aliphatic rings. The summed E-state index contributed by atoms with van der Waals surface area (Å²) in [5.41, 5.74) is -2.05. The largest absolute Gasteiger partial charge is 0.417 e. The van der Waals surface area contributed by atoms with Gasteiger partial charge in [0.05, 0.1) is 0 Å². The highest BCUT2D eigenvalue weighted by Gasteiger charge is 2.50. The van der Waals surface area contributed by atoms with E-state index in [1.807, 2.05) is 0 Å². The molecule has 0 aromatic carbocycles. The third kappa shape index (κ3) is 4.71. The second-order valence-electron chi connectivity index (χ2n) is 7.20. The molecule has 2 rings (SSSR count). The molecule has 0 aliphatic heterocycles. The van der Waals surface area contributed by atoms with Crippen LogP contribution in [0, 0.1) is 5.92 Å². The Kier molecular flexibility index (Phi) is 5.92. The van der Waals surface area contributed by atoms with Gasteiger partial charge in [0, 0.05) is 18.2 Å². The first-order valence-electron chi connectivity index (χ1n) is 8.65. The third-order valence-corrected chi connectivity index (χ3v) is 5.14. The van der Waals surface area contributed by atoms with E-state index < -0.39 is 11.8 Å². The predicted octanol–water partition coefficient (Wildman–Crippen LogP) is 5.04. The maximum absolute atomic E-state index is 13.0. The lowest BCUT2D eigenvalue weighted by molar-refractivity contribution is -0.249. The van der Waals surface area contributed by atoms with E-state index in [0.717, 1.165) is 64.7 Å². The lowest BCUT2D eigenvalue weighted by atomic mass is 9.81. The Morgan fingerprint density at radius 3 is 1.95 bits per heavy atom. The van der Waals surface area contributed by atoms with E-state index in [4.69, 9.17) is 4.99 Å². The molecule has 0 spiro atoms. The maximum atomic E-state index is 13.0. The van der Waals surface area contributed by atoms with Gasteiger partial charge < -0.3 is 5.11 Å². The molecule has 2 aliphatic carbocycles. The molecule has 2 saturated carbocycles. The fourth-order valence-electron chi connectivity index (χ4n) is 3.63. The molecule has 2 fully saturated rings. The monoisotopic (exact) mass is 319 g/mol. The van der Waals surface area contributed by atoms with Crippen molar-refractivity contribution in [3.63, 3.8) is 0 Å². The SMILES string of the molecule is CC(O)(CC(=NC1CCCCC1)C1CCCCC1)C(F)(F)F. The smallest absolute Gasteiger partial charge is 0.380 e. The molecule has 1 unspecified atom stereocenters. The van der Waals surface area contributed by atoms with E-state index >= 15 is 0 Å². The lowest BCUT2D eigenvalue weighted by Gasteiger charge is -2.32. The van der Waals surface area contributed by atoms with E-state index in [1.165, 1.54) is 6.42 Å². The normalized spacial score (nSPS) is 26.0. The molecule has 2 nitrogen and oxygen atoms in total. The second kappa shape index (κ2) is 7.33. The fourth-order valence-corrected chi connectivity index (χ4v) is 3.63. The Balaban J connectivity index is 2.15. The highest BCUT2D eigenvalue weighted by Crippen LogP contribution is 2.36. The Morgan fingerprint density at radius 2 is 1.45 bits per heavy atom. The first-order valence-corrected chi connectivity index (χ1v) is 8.65. The molecule has 0 aromatic heterocycles. The number of hydrogen-bond acceptors (Lipinski definition) is 2. The van der Waals surface area contributed by atoms with Crippen LogP contribution in [0.4, 0.5) is 13.2 Å². The van der Waals surface area contributed by atoms with Crippen LogP contribution in [-0.2, 0) is 0 Å². The summed E-state index contributed by atoms with van der Waals surface area (Å²) in [6.07, 6.45) is 5.52. The van der Waals surface area contributed by atoms with Gasteiger partial charge in [-0.2, -0.15) is 13.2 Å². The zero-order valence-corrected chi connectivity index (χ0v) is 13.5. The van der Waals surface area contributed by atoms with Crippen molar-refractivity contribution in [1.29, 1.82) is 0 Å². The van der Waals surface area contributed by atoms with Gasteiger partial charge in [-0.25, -0.2) is 0 Å². The van der Waals surface area contributed by atoms with Gasteiger partial charge in [0.1, 0.15) is 0 Å². The molecule has 0 saturated heterocycles. The van der Waals surface area contributed by atoms with E-state index in [0.29, 0.717) is 5.71 Å². The summed E-state index contributed by atoms with van der Waals surface area (Å²) in [6.45, 7) is 0.881. The highest BCUT2D eigenvalue weighted by atomic mass is 19.4. The molecule has 0 aromatic rings. The summed E-state index contributed by atoms with van der Waals surface area (Å²) in [4.78, 5) is 4.71. The molecule has 0 amide bonds. The summed E-state index contributed by atoms with van der Waals surface area (Å²) in [6, 6.07) is 0.162. The Morgan fingerprint density at radius 1 is 0.955 bits per heavy atom. The minimum Gasteiger partial charge on any atom is -0.380 e. The number of aliphatic imine (C=N–C) groups is 1. The maximum Gasteiger partial charge on any atom is 0.417 e. The van der Waals surface area contributed by atoms with Crippen LogP contribution in [-0.4, -0.2) is 28.6 Å². The number of alkyl halides is 3. The first kappa shape index (κ1) is 17.8. The first-order chi connectivity index (χ1) is 10.3. The predicted molar refractivity (Wildman–Crippen MR) is 82.2 cm³/mol. The number of nitrogens with zero attached hydrogens (tertiary/aromatic N) is 1. The van der Waals surface area contributed by atoms with Crippen molar-refractivity contribution in [2.75, 3.05) is 0 Å². The quantitative estimate of drug-likeness (QED) is 0.723. The lowest BCUT2D eigenvalue weighted by Crippen LogP contribution is -2.45. The molecule has 1 atom stereocenters. The zero-order valence-electron chi connectivity index (χ0n) is 13.5. The molecule has 0 bridgehead atoms. The van der Waals surface area contributed by atoms with E-state index in [9.17, 15) is 18.3 Å². The van der Waals surface area contributed by atoms with Crippen LogP contribution in [0.1, 0.15) is 77.6 Å². The van der Waals surface area contributed by atoms with Gasteiger partial charge in [-0.1, -0.05) is 38.5 Å². The van der Waals surface area contributed by atoms with Gasteiger partial charge in [0.15, 0.2) is 5.60 Å². The molecular formula is C17H28F3NO. The topological polar surface area (TPSA) is 32.6 Å². The van der Waals surface area contributed by atoms with Crippen molar-refractivity contribution in [2.24, 2.45) is 10.9 Å². The van der Waals surface area contributed by atoms with E-state index in [2.05, 4.69) is 0 Å². The summed E-state index contributed by atoms with van der Waals surface area (Å²) in [5.74, 6) is 0.129. The number of halogens is 3. The van der Waals surface area contributed by atoms with Gasteiger partial charge in [-0.05, 0) is 38.5 Å². The number of rotatable bonds is 4. The molecule has 0 radical (unpaired) electrons. The molecule has 5 heteroatoms. The van der Waals surface area contributed by atoms with Crippen molar-refractivity contribution in [3.05, 3.63) is 0 Å². The van der Waals surface area contributed by atoms with Gasteiger partial charge in [0.25, 0.3) is 0 Å². The Labute approximate surface area is 131 Å². The van der Waals surface area contributed by atoms with Crippen LogP contribution < -0.4 is 0 Å².